The summed E-state index contributed by atoms with van der Waals surface area (Å²) in [6, 6.07) is 15.3. The lowest BCUT2D eigenvalue weighted by molar-refractivity contribution is -0.141. The molecule has 0 atom stereocenters. The van der Waals surface area contributed by atoms with Crippen LogP contribution in [-0.4, -0.2) is 40.6 Å². The van der Waals surface area contributed by atoms with Crippen molar-refractivity contribution in [3.63, 3.8) is 0 Å². The summed E-state index contributed by atoms with van der Waals surface area (Å²) < 4.78 is 11.9. The topological polar surface area (TPSA) is 124 Å². The first-order valence-corrected chi connectivity index (χ1v) is 11.1. The normalized spacial score (nSPS) is 10.6. The van der Waals surface area contributed by atoms with E-state index >= 15 is 0 Å². The van der Waals surface area contributed by atoms with Crippen molar-refractivity contribution in [3.8, 4) is 5.75 Å². The smallest absolute Gasteiger partial charge is 0.325 e. The van der Waals surface area contributed by atoms with Gasteiger partial charge in [0.15, 0.2) is 0 Å². The van der Waals surface area contributed by atoms with Crippen LogP contribution in [0.1, 0.15) is 10.4 Å². The Bertz CT molecular complexity index is 1450. The molecule has 0 unspecified atom stereocenters. The zero-order valence-corrected chi connectivity index (χ0v) is 20.3. The molecule has 0 bridgehead atoms. The fourth-order valence-corrected chi connectivity index (χ4v) is 3.58. The molecule has 10 nitrogen and oxygen atoms in total. The number of aromatic nitrogens is 3. The Morgan fingerprint density at radius 2 is 1.74 bits per heavy atom. The minimum atomic E-state index is -0.645. The van der Waals surface area contributed by atoms with Gasteiger partial charge in [-0.2, -0.15) is 0 Å². The van der Waals surface area contributed by atoms with Crippen molar-refractivity contribution < 1.29 is 19.1 Å². The van der Waals surface area contributed by atoms with Crippen LogP contribution < -0.4 is 20.9 Å². The molecule has 0 saturated heterocycles. The molecule has 0 aliphatic heterocycles. The molecule has 2 aromatic heterocycles. The average Bonchev–Trinajstić information content (AvgIpc) is 2.88. The first-order chi connectivity index (χ1) is 16.9. The predicted octanol–water partition coefficient (Wildman–Crippen LogP) is 3.73. The van der Waals surface area contributed by atoms with Crippen LogP contribution in [0.4, 0.5) is 17.2 Å². The average molecular weight is 538 g/mol. The van der Waals surface area contributed by atoms with Gasteiger partial charge in [0, 0.05) is 15.7 Å². The van der Waals surface area contributed by atoms with Gasteiger partial charge in [-0.25, -0.2) is 9.97 Å². The van der Waals surface area contributed by atoms with E-state index in [0.29, 0.717) is 22.5 Å². The van der Waals surface area contributed by atoms with Crippen LogP contribution in [0.3, 0.4) is 0 Å². The minimum Gasteiger partial charge on any atom is -0.497 e. The van der Waals surface area contributed by atoms with Gasteiger partial charge in [0.05, 0.1) is 19.6 Å². The molecule has 0 saturated carbocycles. The molecular formula is C24H20BrN5O5. The van der Waals surface area contributed by atoms with Crippen LogP contribution in [0.2, 0.25) is 0 Å². The molecule has 0 radical (unpaired) electrons. The summed E-state index contributed by atoms with van der Waals surface area (Å²) in [5, 5.41) is 6.23. The number of carbonyl (C=O) groups excluding carboxylic acids is 2. The Balaban J connectivity index is 1.80. The summed E-state index contributed by atoms with van der Waals surface area (Å²) >= 11 is 3.40. The van der Waals surface area contributed by atoms with Crippen LogP contribution in [0.25, 0.3) is 11.0 Å². The van der Waals surface area contributed by atoms with Crippen molar-refractivity contribution in [2.75, 3.05) is 24.9 Å². The summed E-state index contributed by atoms with van der Waals surface area (Å²) in [5.41, 5.74) is 0.608. The number of carbonyl (C=O) groups is 2. The highest BCUT2D eigenvalue weighted by atomic mass is 79.9. The fourth-order valence-electron chi connectivity index (χ4n) is 3.32. The quantitative estimate of drug-likeness (QED) is 0.341. The largest absolute Gasteiger partial charge is 0.497 e. The first kappa shape index (κ1) is 23.9. The number of benzene rings is 2. The van der Waals surface area contributed by atoms with Crippen LogP contribution in [0.5, 0.6) is 5.75 Å². The van der Waals surface area contributed by atoms with Gasteiger partial charge in [-0.1, -0.05) is 15.9 Å². The zero-order valence-electron chi connectivity index (χ0n) is 18.7. The van der Waals surface area contributed by atoms with E-state index in [9.17, 15) is 14.4 Å². The monoisotopic (exact) mass is 537 g/mol. The van der Waals surface area contributed by atoms with Gasteiger partial charge in [-0.05, 0) is 54.6 Å². The Labute approximate surface area is 208 Å². The fraction of sp³-hybridized carbons (Fsp3) is 0.125. The second-order valence-corrected chi connectivity index (χ2v) is 8.22. The maximum Gasteiger partial charge on any atom is 0.325 e. The number of nitrogens with zero attached hydrogens (tertiary/aromatic N) is 3. The molecule has 35 heavy (non-hydrogen) atoms. The molecule has 2 aromatic carbocycles. The van der Waals surface area contributed by atoms with Gasteiger partial charge in [-0.3, -0.25) is 19.0 Å². The molecular weight excluding hydrogens is 518 g/mol. The number of ether oxygens (including phenoxy) is 2. The number of pyridine rings is 1. The van der Waals surface area contributed by atoms with Crippen molar-refractivity contribution in [1.82, 2.24) is 14.5 Å². The molecule has 2 N–H and O–H groups in total. The van der Waals surface area contributed by atoms with Crippen LogP contribution in [-0.2, 0) is 16.1 Å². The maximum atomic E-state index is 13.2. The van der Waals surface area contributed by atoms with E-state index in [2.05, 4.69) is 36.5 Å². The number of amides is 1. The Morgan fingerprint density at radius 3 is 2.40 bits per heavy atom. The molecule has 0 fully saturated rings. The molecule has 1 amide bonds. The number of halogens is 1. The summed E-state index contributed by atoms with van der Waals surface area (Å²) in [6.45, 7) is -0.396. The van der Waals surface area contributed by atoms with E-state index in [-0.39, 0.29) is 11.3 Å². The van der Waals surface area contributed by atoms with E-state index < -0.39 is 24.0 Å². The molecule has 0 aliphatic carbocycles. The molecule has 4 aromatic rings. The van der Waals surface area contributed by atoms with Crippen LogP contribution >= 0.6 is 15.9 Å². The van der Waals surface area contributed by atoms with Crippen LogP contribution in [0.15, 0.2) is 70.2 Å². The third kappa shape index (κ3) is 5.30. The number of fused-ring (bicyclic) bond motifs is 1. The highest BCUT2D eigenvalue weighted by molar-refractivity contribution is 9.10. The van der Waals surface area contributed by atoms with Gasteiger partial charge in [-0.15, -0.1) is 0 Å². The van der Waals surface area contributed by atoms with E-state index in [1.165, 1.54) is 26.6 Å². The lowest BCUT2D eigenvalue weighted by Gasteiger charge is -2.15. The third-order valence-electron chi connectivity index (χ3n) is 5.11. The highest BCUT2D eigenvalue weighted by Crippen LogP contribution is 2.25. The summed E-state index contributed by atoms with van der Waals surface area (Å²) in [6.07, 6.45) is 1.28. The number of methoxy groups -OCH3 is 2. The standard InChI is InChI=1S/C24H20BrN5O5/c1-34-17-9-3-14(4-10-17)23(32)29-19-11-18-21(28-16-7-5-15(25)6-8-16)26-13-27-22(18)30(24(19)33)12-20(31)35-2/h3-11,13H,12H2,1-2H3,(H,29,32)(H,26,27,28). The van der Waals surface area contributed by atoms with Crippen molar-refractivity contribution in [3.05, 3.63) is 81.3 Å². The zero-order chi connectivity index (χ0) is 24.9. The molecule has 0 spiro atoms. The Kier molecular flexibility index (Phi) is 7.06. The van der Waals surface area contributed by atoms with Crippen molar-refractivity contribution >= 4 is 56.0 Å². The molecule has 0 aliphatic rings. The van der Waals surface area contributed by atoms with E-state index in [0.717, 1.165) is 14.7 Å². The molecule has 4 rings (SSSR count). The summed E-state index contributed by atoms with van der Waals surface area (Å²) in [7, 11) is 2.75. The van der Waals surface area contributed by atoms with E-state index in [1.54, 1.807) is 24.3 Å². The highest BCUT2D eigenvalue weighted by Gasteiger charge is 2.18. The van der Waals surface area contributed by atoms with Gasteiger partial charge < -0.3 is 20.1 Å². The number of esters is 1. The van der Waals surface area contributed by atoms with E-state index in [1.807, 2.05) is 24.3 Å². The first-order valence-electron chi connectivity index (χ1n) is 10.3. The second-order valence-electron chi connectivity index (χ2n) is 7.30. The number of rotatable bonds is 7. The van der Waals surface area contributed by atoms with Gasteiger partial charge in [0.1, 0.15) is 35.8 Å². The van der Waals surface area contributed by atoms with Gasteiger partial charge in [0.25, 0.3) is 11.5 Å². The third-order valence-corrected chi connectivity index (χ3v) is 5.63. The molecule has 2 heterocycles. The van der Waals surface area contributed by atoms with Gasteiger partial charge in [0.2, 0.25) is 0 Å². The van der Waals surface area contributed by atoms with Gasteiger partial charge >= 0.3 is 5.97 Å². The number of hydrogen-bond donors (Lipinski definition) is 2. The SMILES string of the molecule is COC(=O)Cn1c(=O)c(NC(=O)c2ccc(OC)cc2)cc2c(Nc3ccc(Br)cc3)ncnc21. The number of hydrogen-bond acceptors (Lipinski definition) is 8. The number of anilines is 3. The number of nitrogens with one attached hydrogen (secondary N) is 2. The van der Waals surface area contributed by atoms with E-state index in [4.69, 9.17) is 9.47 Å². The van der Waals surface area contributed by atoms with Crippen molar-refractivity contribution in [1.29, 1.82) is 0 Å². The molecule has 11 heteroatoms. The molecule has 178 valence electrons. The Morgan fingerprint density at radius 1 is 1.03 bits per heavy atom. The maximum absolute atomic E-state index is 13.2. The second kappa shape index (κ2) is 10.3. The van der Waals surface area contributed by atoms with Crippen molar-refractivity contribution in [2.45, 2.75) is 6.54 Å². The Hall–Kier alpha value is -4.25. The minimum absolute atomic E-state index is 0.0455. The predicted molar refractivity (Wildman–Crippen MR) is 134 cm³/mol. The van der Waals surface area contributed by atoms with Crippen LogP contribution in [0, 0.1) is 0 Å². The lowest BCUT2D eigenvalue weighted by atomic mass is 10.2. The summed E-state index contributed by atoms with van der Waals surface area (Å²) in [4.78, 5) is 46.7. The lowest BCUT2D eigenvalue weighted by Crippen LogP contribution is -2.29. The summed E-state index contributed by atoms with van der Waals surface area (Å²) in [5.74, 6) is -0.176. The van der Waals surface area contributed by atoms with Crippen molar-refractivity contribution in [2.24, 2.45) is 0 Å².